The number of benzene rings is 1. The molecule has 2 aromatic rings. The van der Waals surface area contributed by atoms with E-state index in [0.717, 1.165) is 18.3 Å². The first-order valence-corrected chi connectivity index (χ1v) is 7.09. The van der Waals surface area contributed by atoms with Gasteiger partial charge in [-0.1, -0.05) is 34.8 Å². The molecule has 0 fully saturated rings. The Hall–Kier alpha value is -1.76. The summed E-state index contributed by atoms with van der Waals surface area (Å²) < 4.78 is 30.6. The third-order valence-electron chi connectivity index (χ3n) is 2.69. The molecular formula is C14H6Cl3F2NO3. The van der Waals surface area contributed by atoms with E-state index in [1.54, 1.807) is 0 Å². The van der Waals surface area contributed by atoms with Gasteiger partial charge in [0.25, 0.3) is 0 Å². The van der Waals surface area contributed by atoms with Gasteiger partial charge >= 0.3 is 5.97 Å². The van der Waals surface area contributed by atoms with Crippen molar-refractivity contribution in [1.29, 1.82) is 0 Å². The molecule has 0 spiro atoms. The molecule has 0 saturated carbocycles. The fourth-order valence-electron chi connectivity index (χ4n) is 1.54. The van der Waals surface area contributed by atoms with Gasteiger partial charge in [-0.05, 0) is 18.2 Å². The fraction of sp³-hybridized carbons (Fsp3) is 0.0714. The van der Waals surface area contributed by atoms with Crippen molar-refractivity contribution in [2.24, 2.45) is 0 Å². The fourth-order valence-corrected chi connectivity index (χ4v) is 2.10. The smallest absolute Gasteiger partial charge is 0.358 e. The predicted octanol–water partition coefficient (Wildman–Crippen LogP) is 4.36. The molecule has 0 atom stereocenters. The average Bonchev–Trinajstić information content (AvgIpc) is 2.52. The number of nitrogens with zero attached hydrogens (tertiary/aromatic N) is 1. The summed E-state index contributed by atoms with van der Waals surface area (Å²) in [6, 6.07) is 2.57. The third-order valence-corrected chi connectivity index (χ3v) is 3.93. The van der Waals surface area contributed by atoms with Gasteiger partial charge in [0, 0.05) is 11.8 Å². The zero-order valence-corrected chi connectivity index (χ0v) is 13.3. The molecule has 120 valence electrons. The maximum atomic E-state index is 13.0. The summed E-state index contributed by atoms with van der Waals surface area (Å²) in [6.45, 7) is -0.706. The number of esters is 1. The number of hydrogen-bond acceptors (Lipinski definition) is 4. The molecule has 0 aliphatic carbocycles. The van der Waals surface area contributed by atoms with E-state index in [-0.39, 0.29) is 26.3 Å². The van der Waals surface area contributed by atoms with E-state index in [1.807, 2.05) is 0 Å². The van der Waals surface area contributed by atoms with E-state index >= 15 is 0 Å². The molecular weight excluding hydrogens is 375 g/mol. The monoisotopic (exact) mass is 379 g/mol. The molecule has 0 bridgehead atoms. The maximum absolute atomic E-state index is 13.0. The molecule has 0 aliphatic rings. The Morgan fingerprint density at radius 2 is 1.78 bits per heavy atom. The number of rotatable bonds is 4. The summed E-state index contributed by atoms with van der Waals surface area (Å²) >= 11 is 17.2. The highest BCUT2D eigenvalue weighted by molar-refractivity contribution is 6.48. The van der Waals surface area contributed by atoms with Crippen molar-refractivity contribution in [3.63, 3.8) is 0 Å². The molecule has 23 heavy (non-hydrogen) atoms. The topological polar surface area (TPSA) is 56.3 Å². The van der Waals surface area contributed by atoms with Crippen molar-refractivity contribution in [1.82, 2.24) is 4.98 Å². The number of carbonyl (C=O) groups is 2. The van der Waals surface area contributed by atoms with Crippen molar-refractivity contribution in [2.45, 2.75) is 0 Å². The predicted molar refractivity (Wildman–Crippen MR) is 80.2 cm³/mol. The van der Waals surface area contributed by atoms with Crippen LogP contribution in [0.3, 0.4) is 0 Å². The van der Waals surface area contributed by atoms with E-state index in [1.165, 1.54) is 0 Å². The van der Waals surface area contributed by atoms with E-state index in [9.17, 15) is 18.4 Å². The van der Waals surface area contributed by atoms with Crippen LogP contribution in [-0.2, 0) is 4.74 Å². The van der Waals surface area contributed by atoms with E-state index < -0.39 is 30.0 Å². The van der Waals surface area contributed by atoms with Gasteiger partial charge < -0.3 is 4.74 Å². The van der Waals surface area contributed by atoms with Crippen LogP contribution in [0.4, 0.5) is 8.78 Å². The molecule has 1 heterocycles. The van der Waals surface area contributed by atoms with Gasteiger partial charge in [0.05, 0.1) is 15.1 Å². The van der Waals surface area contributed by atoms with Gasteiger partial charge in [-0.2, -0.15) is 0 Å². The molecule has 0 N–H and O–H groups in total. The van der Waals surface area contributed by atoms with Crippen molar-refractivity contribution in [3.8, 4) is 0 Å². The zero-order valence-electron chi connectivity index (χ0n) is 11.1. The second-order valence-electron chi connectivity index (χ2n) is 4.21. The number of ether oxygens (including phenoxy) is 1. The van der Waals surface area contributed by atoms with Crippen LogP contribution in [0.15, 0.2) is 24.4 Å². The second-order valence-corrected chi connectivity index (χ2v) is 5.37. The first-order valence-electron chi connectivity index (χ1n) is 5.96. The Morgan fingerprint density at radius 1 is 1.09 bits per heavy atom. The van der Waals surface area contributed by atoms with E-state index in [2.05, 4.69) is 4.98 Å². The number of Topliss-reactive ketones (excluding diaryl/α,β-unsaturated/α-hetero) is 1. The molecule has 2 rings (SSSR count). The molecule has 0 radical (unpaired) electrons. The highest BCUT2D eigenvalue weighted by Crippen LogP contribution is 2.31. The van der Waals surface area contributed by atoms with Gasteiger partial charge in [0.15, 0.2) is 29.7 Å². The number of hydrogen-bond donors (Lipinski definition) is 0. The zero-order chi connectivity index (χ0) is 17.1. The summed E-state index contributed by atoms with van der Waals surface area (Å²) in [5.41, 5.74) is -0.468. The molecule has 0 unspecified atom stereocenters. The Kier molecular flexibility index (Phi) is 5.51. The lowest BCUT2D eigenvalue weighted by atomic mass is 10.1. The van der Waals surface area contributed by atoms with Gasteiger partial charge in [-0.25, -0.2) is 18.6 Å². The van der Waals surface area contributed by atoms with Crippen molar-refractivity contribution in [2.75, 3.05) is 6.61 Å². The van der Waals surface area contributed by atoms with Gasteiger partial charge in [0.2, 0.25) is 0 Å². The summed E-state index contributed by atoms with van der Waals surface area (Å²) in [5, 5.41) is -0.252. The lowest BCUT2D eigenvalue weighted by Gasteiger charge is -2.07. The summed E-state index contributed by atoms with van der Waals surface area (Å²) in [6.07, 6.45) is 1.10. The van der Waals surface area contributed by atoms with Crippen LogP contribution in [0.25, 0.3) is 0 Å². The molecule has 0 saturated heterocycles. The van der Waals surface area contributed by atoms with Crippen LogP contribution in [0.5, 0.6) is 0 Å². The molecule has 1 aromatic carbocycles. The quantitative estimate of drug-likeness (QED) is 0.584. The number of carbonyl (C=O) groups excluding carboxylic acids is 2. The van der Waals surface area contributed by atoms with Crippen LogP contribution in [0, 0.1) is 11.6 Å². The van der Waals surface area contributed by atoms with Gasteiger partial charge in [-0.3, -0.25) is 4.79 Å². The molecule has 4 nitrogen and oxygen atoms in total. The lowest BCUT2D eigenvalue weighted by Crippen LogP contribution is -2.16. The summed E-state index contributed by atoms with van der Waals surface area (Å²) in [5.74, 6) is -4.01. The molecule has 9 heteroatoms. The number of halogens is 5. The second kappa shape index (κ2) is 7.21. The SMILES string of the molecule is O=C(COC(=O)c1ncc(Cl)c(Cl)c1Cl)c1ccc(F)c(F)c1. The Bertz CT molecular complexity index is 799. The van der Waals surface area contributed by atoms with Gasteiger partial charge in [-0.15, -0.1) is 0 Å². The van der Waals surface area contributed by atoms with Crippen molar-refractivity contribution < 1.29 is 23.1 Å². The summed E-state index contributed by atoms with van der Waals surface area (Å²) in [7, 11) is 0. The number of ketones is 1. The Balaban J connectivity index is 2.08. The van der Waals surface area contributed by atoms with Crippen LogP contribution in [-0.4, -0.2) is 23.3 Å². The number of aromatic nitrogens is 1. The van der Waals surface area contributed by atoms with Crippen LogP contribution >= 0.6 is 34.8 Å². The van der Waals surface area contributed by atoms with Gasteiger partial charge in [0.1, 0.15) is 0 Å². The average molecular weight is 381 g/mol. The largest absolute Gasteiger partial charge is 0.453 e. The molecule has 1 aromatic heterocycles. The normalized spacial score (nSPS) is 10.5. The Morgan fingerprint density at radius 3 is 2.43 bits per heavy atom. The lowest BCUT2D eigenvalue weighted by molar-refractivity contribution is 0.0469. The highest BCUT2D eigenvalue weighted by atomic mass is 35.5. The standard InChI is InChI=1S/C14H6Cl3F2NO3/c15-7-4-20-13(12(17)11(7)16)14(22)23-5-10(21)6-1-2-8(18)9(19)3-6/h1-4H,5H2. The Labute approximate surface area is 143 Å². The van der Waals surface area contributed by atoms with E-state index in [4.69, 9.17) is 39.5 Å². The molecule has 0 amide bonds. The minimum absolute atomic E-state index is 0.0473. The van der Waals surface area contributed by atoms with Crippen LogP contribution in [0.1, 0.15) is 20.8 Å². The number of pyridine rings is 1. The third kappa shape index (κ3) is 3.96. The minimum atomic E-state index is -1.18. The van der Waals surface area contributed by atoms with Crippen LogP contribution < -0.4 is 0 Å². The first-order chi connectivity index (χ1) is 10.8. The van der Waals surface area contributed by atoms with Crippen molar-refractivity contribution in [3.05, 3.63) is 62.4 Å². The summed E-state index contributed by atoms with van der Waals surface area (Å²) in [4.78, 5) is 27.3. The van der Waals surface area contributed by atoms with E-state index in [0.29, 0.717) is 6.07 Å². The van der Waals surface area contributed by atoms with Crippen molar-refractivity contribution >= 4 is 46.6 Å². The molecule has 0 aliphatic heterocycles. The maximum Gasteiger partial charge on any atom is 0.358 e. The first kappa shape index (κ1) is 17.6. The highest BCUT2D eigenvalue weighted by Gasteiger charge is 2.20. The minimum Gasteiger partial charge on any atom is -0.453 e. The van der Waals surface area contributed by atoms with Crippen LogP contribution in [0.2, 0.25) is 15.1 Å².